The number of aliphatic hydroxyl groups is 1. The van der Waals surface area contributed by atoms with Crippen molar-refractivity contribution in [2.45, 2.75) is 20.4 Å². The Hall–Kier alpha value is -2.63. The molecule has 3 rings (SSSR count). The minimum Gasteiger partial charge on any atom is -0.395 e. The van der Waals surface area contributed by atoms with Crippen LogP contribution in [0.1, 0.15) is 27.0 Å². The van der Waals surface area contributed by atoms with Gasteiger partial charge in [0.1, 0.15) is 0 Å². The lowest BCUT2D eigenvalue weighted by Crippen LogP contribution is -2.35. The first kappa shape index (κ1) is 19.1. The van der Waals surface area contributed by atoms with Gasteiger partial charge in [0.25, 0.3) is 11.5 Å². The van der Waals surface area contributed by atoms with Crippen molar-refractivity contribution in [1.29, 1.82) is 0 Å². The minimum absolute atomic E-state index is 0.111. The predicted molar refractivity (Wildman–Crippen MR) is 107 cm³/mol. The van der Waals surface area contributed by atoms with Gasteiger partial charge in [0.15, 0.2) is 0 Å². The minimum atomic E-state index is -0.264. The number of aromatic nitrogens is 1. The van der Waals surface area contributed by atoms with E-state index in [2.05, 4.69) is 4.98 Å². The number of halogens is 1. The molecule has 1 amide bonds. The van der Waals surface area contributed by atoms with E-state index in [1.54, 1.807) is 30.3 Å². The molecular weight excluding hydrogens is 364 g/mol. The van der Waals surface area contributed by atoms with Gasteiger partial charge in [-0.3, -0.25) is 9.59 Å². The van der Waals surface area contributed by atoms with E-state index in [1.807, 2.05) is 26.0 Å². The van der Waals surface area contributed by atoms with Crippen LogP contribution in [-0.4, -0.2) is 34.0 Å². The number of amides is 1. The number of rotatable bonds is 5. The van der Waals surface area contributed by atoms with Crippen LogP contribution >= 0.6 is 11.6 Å². The average molecular weight is 385 g/mol. The number of fused-ring (bicyclic) bond motifs is 1. The van der Waals surface area contributed by atoms with Gasteiger partial charge in [-0.25, -0.2) is 0 Å². The normalized spacial score (nSPS) is 11.0. The standard InChI is InChI=1S/C21H21ClN2O3/c1-13-3-4-16-11-17(20(26)23-19(16)14(13)2)12-24(9-10-25)21(27)15-5-7-18(22)8-6-15/h3-8,11,25H,9-10,12H2,1-2H3,(H,23,26). The number of hydrogen-bond donors (Lipinski definition) is 2. The molecule has 1 heterocycles. The second-order valence-corrected chi connectivity index (χ2v) is 6.99. The number of aryl methyl sites for hydroxylation is 2. The molecule has 27 heavy (non-hydrogen) atoms. The lowest BCUT2D eigenvalue weighted by molar-refractivity contribution is 0.0707. The summed E-state index contributed by atoms with van der Waals surface area (Å²) < 4.78 is 0. The fraction of sp³-hybridized carbons (Fsp3) is 0.238. The molecular formula is C21H21ClN2O3. The van der Waals surface area contributed by atoms with Crippen molar-refractivity contribution < 1.29 is 9.90 Å². The van der Waals surface area contributed by atoms with Crippen LogP contribution in [-0.2, 0) is 6.54 Å². The monoisotopic (exact) mass is 384 g/mol. The second-order valence-electron chi connectivity index (χ2n) is 6.55. The van der Waals surface area contributed by atoms with Crippen LogP contribution in [0.5, 0.6) is 0 Å². The zero-order chi connectivity index (χ0) is 19.6. The Balaban J connectivity index is 1.95. The number of carbonyl (C=O) groups excluding carboxylic acids is 1. The van der Waals surface area contributed by atoms with Crippen molar-refractivity contribution in [1.82, 2.24) is 9.88 Å². The van der Waals surface area contributed by atoms with Gasteiger partial charge in [-0.1, -0.05) is 23.7 Å². The summed E-state index contributed by atoms with van der Waals surface area (Å²) in [6.07, 6.45) is 0. The molecule has 5 nitrogen and oxygen atoms in total. The predicted octanol–water partition coefficient (Wildman–Crippen LogP) is 3.43. The van der Waals surface area contributed by atoms with Crippen molar-refractivity contribution >= 4 is 28.4 Å². The molecule has 0 aliphatic carbocycles. The van der Waals surface area contributed by atoms with Crippen LogP contribution in [0.4, 0.5) is 0 Å². The van der Waals surface area contributed by atoms with Gasteiger partial charge in [0.05, 0.1) is 18.7 Å². The first-order valence-corrected chi connectivity index (χ1v) is 9.06. The number of aliphatic hydroxyl groups excluding tert-OH is 1. The Morgan fingerprint density at radius 2 is 1.85 bits per heavy atom. The zero-order valence-corrected chi connectivity index (χ0v) is 16.0. The van der Waals surface area contributed by atoms with Gasteiger partial charge in [-0.05, 0) is 60.7 Å². The van der Waals surface area contributed by atoms with Crippen molar-refractivity contribution in [2.75, 3.05) is 13.2 Å². The smallest absolute Gasteiger partial charge is 0.254 e. The van der Waals surface area contributed by atoms with Crippen LogP contribution in [0.2, 0.25) is 5.02 Å². The number of hydrogen-bond acceptors (Lipinski definition) is 3. The van der Waals surface area contributed by atoms with E-state index in [0.29, 0.717) is 16.1 Å². The molecule has 1 aromatic heterocycles. The van der Waals surface area contributed by atoms with Gasteiger partial charge in [-0.2, -0.15) is 0 Å². The van der Waals surface area contributed by atoms with Crippen molar-refractivity contribution in [2.24, 2.45) is 0 Å². The van der Waals surface area contributed by atoms with Crippen LogP contribution in [0.25, 0.3) is 10.9 Å². The molecule has 0 spiro atoms. The molecule has 3 aromatic rings. The number of H-pyrrole nitrogens is 1. The van der Waals surface area contributed by atoms with Crippen molar-refractivity contribution in [3.8, 4) is 0 Å². The lowest BCUT2D eigenvalue weighted by Gasteiger charge is -2.22. The molecule has 0 atom stereocenters. The molecule has 0 aliphatic rings. The maximum absolute atomic E-state index is 12.8. The summed E-state index contributed by atoms with van der Waals surface area (Å²) in [5, 5.41) is 10.8. The number of aromatic amines is 1. The summed E-state index contributed by atoms with van der Waals surface area (Å²) in [4.78, 5) is 29.7. The van der Waals surface area contributed by atoms with E-state index in [1.165, 1.54) is 4.90 Å². The summed E-state index contributed by atoms with van der Waals surface area (Å²) in [5.41, 5.74) is 3.63. The Labute approximate surface area is 162 Å². The van der Waals surface area contributed by atoms with Gasteiger partial charge in [-0.15, -0.1) is 0 Å². The highest BCUT2D eigenvalue weighted by molar-refractivity contribution is 6.30. The van der Waals surface area contributed by atoms with Gasteiger partial charge in [0, 0.05) is 22.7 Å². The molecule has 0 bridgehead atoms. The molecule has 0 fully saturated rings. The number of nitrogens with zero attached hydrogens (tertiary/aromatic N) is 1. The highest BCUT2D eigenvalue weighted by Crippen LogP contribution is 2.20. The lowest BCUT2D eigenvalue weighted by atomic mass is 10.0. The highest BCUT2D eigenvalue weighted by Gasteiger charge is 2.18. The number of pyridine rings is 1. The van der Waals surface area contributed by atoms with Gasteiger partial charge in [0.2, 0.25) is 0 Å². The first-order valence-electron chi connectivity index (χ1n) is 8.68. The Morgan fingerprint density at radius 1 is 1.15 bits per heavy atom. The maximum atomic E-state index is 12.8. The van der Waals surface area contributed by atoms with Crippen LogP contribution in [0.3, 0.4) is 0 Å². The summed E-state index contributed by atoms with van der Waals surface area (Å²) in [6, 6.07) is 12.3. The Morgan fingerprint density at radius 3 is 2.52 bits per heavy atom. The van der Waals surface area contributed by atoms with Crippen molar-refractivity contribution in [3.05, 3.63) is 80.1 Å². The summed E-state index contributed by atoms with van der Waals surface area (Å²) >= 11 is 5.88. The Bertz CT molecular complexity index is 1040. The topological polar surface area (TPSA) is 73.4 Å². The second kappa shape index (κ2) is 7.94. The summed E-state index contributed by atoms with van der Waals surface area (Å²) in [5.74, 6) is -0.264. The van der Waals surface area contributed by atoms with Crippen LogP contribution in [0, 0.1) is 13.8 Å². The largest absolute Gasteiger partial charge is 0.395 e. The number of benzene rings is 2. The third-order valence-electron chi connectivity index (χ3n) is 4.74. The molecule has 0 aliphatic heterocycles. The van der Waals surface area contributed by atoms with E-state index in [4.69, 9.17) is 11.6 Å². The van der Waals surface area contributed by atoms with Crippen molar-refractivity contribution in [3.63, 3.8) is 0 Å². The molecule has 6 heteroatoms. The van der Waals surface area contributed by atoms with E-state index in [0.717, 1.165) is 22.0 Å². The number of nitrogens with one attached hydrogen (secondary N) is 1. The number of carbonyl (C=O) groups is 1. The molecule has 2 aromatic carbocycles. The SMILES string of the molecule is Cc1ccc2cc(CN(CCO)C(=O)c3ccc(Cl)cc3)c(=O)[nH]c2c1C. The van der Waals surface area contributed by atoms with E-state index in [9.17, 15) is 14.7 Å². The maximum Gasteiger partial charge on any atom is 0.254 e. The quantitative estimate of drug-likeness (QED) is 0.707. The first-order chi connectivity index (χ1) is 12.9. The summed E-state index contributed by atoms with van der Waals surface area (Å²) in [7, 11) is 0. The zero-order valence-electron chi connectivity index (χ0n) is 15.3. The molecule has 0 saturated heterocycles. The fourth-order valence-electron chi connectivity index (χ4n) is 3.04. The molecule has 2 N–H and O–H groups in total. The Kier molecular flexibility index (Phi) is 5.63. The van der Waals surface area contributed by atoms with Crippen LogP contribution in [0.15, 0.2) is 47.3 Å². The van der Waals surface area contributed by atoms with E-state index in [-0.39, 0.29) is 31.2 Å². The average Bonchev–Trinajstić information content (AvgIpc) is 2.66. The third-order valence-corrected chi connectivity index (χ3v) is 4.99. The molecule has 0 unspecified atom stereocenters. The third kappa shape index (κ3) is 4.04. The molecule has 0 radical (unpaired) electrons. The fourth-order valence-corrected chi connectivity index (χ4v) is 3.17. The molecule has 0 saturated carbocycles. The molecule has 140 valence electrons. The van der Waals surface area contributed by atoms with Gasteiger partial charge >= 0.3 is 0 Å². The van der Waals surface area contributed by atoms with E-state index < -0.39 is 0 Å². The van der Waals surface area contributed by atoms with Gasteiger partial charge < -0.3 is 15.0 Å². The summed E-state index contributed by atoms with van der Waals surface area (Å²) in [6.45, 7) is 4.01. The van der Waals surface area contributed by atoms with E-state index >= 15 is 0 Å². The van der Waals surface area contributed by atoms with Crippen LogP contribution < -0.4 is 5.56 Å². The highest BCUT2D eigenvalue weighted by atomic mass is 35.5.